The largest absolute Gasteiger partial charge is 0.277 e. The molecule has 0 saturated carbocycles. The summed E-state index contributed by atoms with van der Waals surface area (Å²) in [5.41, 5.74) is 5.81. The molecule has 0 amide bonds. The minimum absolute atomic E-state index is 0.0601. The summed E-state index contributed by atoms with van der Waals surface area (Å²) in [6.45, 7) is 0. The highest BCUT2D eigenvalue weighted by molar-refractivity contribution is 6.19. The maximum Gasteiger partial charge on any atom is 0.267 e. The van der Waals surface area contributed by atoms with E-state index in [1.54, 1.807) is 4.40 Å². The lowest BCUT2D eigenvalue weighted by molar-refractivity contribution is 1.06. The number of fused-ring (bicyclic) bond motifs is 6. The molecule has 0 atom stereocenters. The Morgan fingerprint density at radius 2 is 1.03 bits per heavy atom. The number of hydrogen-bond acceptors (Lipinski definition) is 2. The Hall–Kier alpha value is -5.22. The lowest BCUT2D eigenvalue weighted by atomic mass is 9.90. The lowest BCUT2D eigenvalue weighted by Gasteiger charge is -2.18. The van der Waals surface area contributed by atoms with Crippen molar-refractivity contribution in [2.45, 2.75) is 0 Å². The fraction of sp³-hybridized carbons (Fsp3) is 0. The molecule has 0 aliphatic heterocycles. The Morgan fingerprint density at radius 3 is 1.71 bits per heavy atom. The van der Waals surface area contributed by atoms with Gasteiger partial charge in [-0.1, -0.05) is 103 Å². The topological polar surface area (TPSA) is 39.3 Å². The molecule has 0 spiro atoms. The van der Waals surface area contributed by atoms with Gasteiger partial charge in [-0.3, -0.25) is 9.36 Å². The van der Waals surface area contributed by atoms with E-state index in [1.165, 1.54) is 11.1 Å². The second kappa shape index (κ2) is 7.89. The van der Waals surface area contributed by atoms with Gasteiger partial charge in [-0.05, 0) is 46.2 Å². The summed E-state index contributed by atoms with van der Waals surface area (Å²) >= 11 is 0. The Kier molecular flexibility index (Phi) is 4.34. The fourth-order valence-electron chi connectivity index (χ4n) is 5.92. The number of rotatable bonds is 2. The Morgan fingerprint density at radius 1 is 0.500 bits per heavy atom. The molecule has 178 valence electrons. The smallest absolute Gasteiger partial charge is 0.267 e. The Labute approximate surface area is 217 Å². The van der Waals surface area contributed by atoms with E-state index < -0.39 is 0 Å². The maximum absolute atomic E-state index is 13.8. The van der Waals surface area contributed by atoms with Crippen molar-refractivity contribution in [1.29, 1.82) is 0 Å². The van der Waals surface area contributed by atoms with Crippen LogP contribution in [0.2, 0.25) is 0 Å². The summed E-state index contributed by atoms with van der Waals surface area (Å²) in [4.78, 5) is 18.9. The SMILES string of the molecule is O=c1c2ccccc2nc2n(-c3c4ccccc4c(-c4ccccc4)c4ccccc34)c3ccccc3n12. The maximum atomic E-state index is 13.8. The second-order valence-corrected chi connectivity index (χ2v) is 9.57. The minimum Gasteiger partial charge on any atom is -0.277 e. The first-order chi connectivity index (χ1) is 18.8. The average Bonchev–Trinajstić information content (AvgIpc) is 3.30. The first-order valence-electron chi connectivity index (χ1n) is 12.7. The Balaban J connectivity index is 1.65. The molecular formula is C34H21N3O. The molecule has 0 saturated heterocycles. The fourth-order valence-corrected chi connectivity index (χ4v) is 5.92. The van der Waals surface area contributed by atoms with Crippen molar-refractivity contribution in [3.05, 3.63) is 138 Å². The highest BCUT2D eigenvalue weighted by atomic mass is 16.1. The van der Waals surface area contributed by atoms with Crippen molar-refractivity contribution in [1.82, 2.24) is 14.0 Å². The van der Waals surface area contributed by atoms with Gasteiger partial charge < -0.3 is 0 Å². The molecule has 4 heteroatoms. The van der Waals surface area contributed by atoms with Crippen molar-refractivity contribution in [3.63, 3.8) is 0 Å². The van der Waals surface area contributed by atoms with Gasteiger partial charge in [-0.2, -0.15) is 0 Å². The van der Waals surface area contributed by atoms with E-state index in [9.17, 15) is 4.79 Å². The molecule has 0 fully saturated rings. The van der Waals surface area contributed by atoms with Crippen LogP contribution in [0.25, 0.3) is 66.1 Å². The Bertz CT molecular complexity index is 2200. The van der Waals surface area contributed by atoms with E-state index in [1.807, 2.05) is 48.5 Å². The summed E-state index contributed by atoms with van der Waals surface area (Å²) in [5, 5.41) is 5.14. The van der Waals surface area contributed by atoms with E-state index in [0.717, 1.165) is 38.3 Å². The van der Waals surface area contributed by atoms with Crippen LogP contribution < -0.4 is 5.56 Å². The predicted molar refractivity (Wildman–Crippen MR) is 156 cm³/mol. The molecular weight excluding hydrogens is 466 g/mol. The lowest BCUT2D eigenvalue weighted by Crippen LogP contribution is -2.15. The van der Waals surface area contributed by atoms with Crippen molar-refractivity contribution < 1.29 is 0 Å². The summed E-state index contributed by atoms with van der Waals surface area (Å²) in [6.07, 6.45) is 0. The number of benzene rings is 6. The molecule has 0 radical (unpaired) electrons. The van der Waals surface area contributed by atoms with Crippen LogP contribution in [0.1, 0.15) is 0 Å². The van der Waals surface area contributed by atoms with Crippen LogP contribution in [-0.4, -0.2) is 14.0 Å². The van der Waals surface area contributed by atoms with Gasteiger partial charge in [-0.25, -0.2) is 9.38 Å². The van der Waals surface area contributed by atoms with E-state index in [-0.39, 0.29) is 5.56 Å². The third kappa shape index (κ3) is 2.80. The van der Waals surface area contributed by atoms with Crippen molar-refractivity contribution in [2.75, 3.05) is 0 Å². The van der Waals surface area contributed by atoms with Crippen LogP contribution in [0.15, 0.2) is 132 Å². The molecule has 0 aliphatic rings. The third-order valence-electron chi connectivity index (χ3n) is 7.51. The number of hydrogen-bond donors (Lipinski definition) is 0. The van der Waals surface area contributed by atoms with Crippen molar-refractivity contribution in [2.24, 2.45) is 0 Å². The zero-order valence-corrected chi connectivity index (χ0v) is 20.4. The molecule has 38 heavy (non-hydrogen) atoms. The molecule has 2 aromatic heterocycles. The van der Waals surface area contributed by atoms with Gasteiger partial charge in [0.25, 0.3) is 5.56 Å². The highest BCUT2D eigenvalue weighted by Crippen LogP contribution is 2.42. The molecule has 0 bridgehead atoms. The van der Waals surface area contributed by atoms with Gasteiger partial charge in [0.05, 0.1) is 27.6 Å². The van der Waals surface area contributed by atoms with E-state index >= 15 is 0 Å². The first-order valence-corrected chi connectivity index (χ1v) is 12.7. The van der Waals surface area contributed by atoms with Gasteiger partial charge in [0.15, 0.2) is 0 Å². The van der Waals surface area contributed by atoms with Crippen LogP contribution in [-0.2, 0) is 0 Å². The summed E-state index contributed by atoms with van der Waals surface area (Å²) < 4.78 is 3.93. The molecule has 0 unspecified atom stereocenters. The minimum atomic E-state index is -0.0601. The standard InChI is InChI=1S/C34H21N3O/c38-33-27-18-8-9-19-28(27)35-34-36(29-20-10-11-21-30(29)37(33)34)32-25-16-6-4-14-23(25)31(22-12-2-1-3-13-22)24-15-5-7-17-26(24)32/h1-21H. The van der Waals surface area contributed by atoms with Crippen LogP contribution in [0.4, 0.5) is 0 Å². The van der Waals surface area contributed by atoms with Gasteiger partial charge in [0, 0.05) is 10.8 Å². The molecule has 8 aromatic rings. The zero-order chi connectivity index (χ0) is 25.2. The van der Waals surface area contributed by atoms with Gasteiger partial charge in [0.2, 0.25) is 5.78 Å². The van der Waals surface area contributed by atoms with Crippen molar-refractivity contribution >= 4 is 49.3 Å². The second-order valence-electron chi connectivity index (χ2n) is 9.57. The number of imidazole rings is 1. The molecule has 6 aromatic carbocycles. The highest BCUT2D eigenvalue weighted by Gasteiger charge is 2.22. The van der Waals surface area contributed by atoms with Crippen LogP contribution in [0, 0.1) is 0 Å². The summed E-state index contributed by atoms with van der Waals surface area (Å²) in [6, 6.07) is 43.3. The molecule has 2 heterocycles. The third-order valence-corrected chi connectivity index (χ3v) is 7.51. The van der Waals surface area contributed by atoms with Gasteiger partial charge in [0.1, 0.15) is 0 Å². The number of nitrogens with zero attached hydrogens (tertiary/aromatic N) is 3. The zero-order valence-electron chi connectivity index (χ0n) is 20.4. The first kappa shape index (κ1) is 20.9. The van der Waals surface area contributed by atoms with E-state index in [0.29, 0.717) is 16.7 Å². The summed E-state index contributed by atoms with van der Waals surface area (Å²) in [7, 11) is 0. The van der Waals surface area contributed by atoms with Crippen LogP contribution >= 0.6 is 0 Å². The van der Waals surface area contributed by atoms with Gasteiger partial charge in [-0.15, -0.1) is 0 Å². The monoisotopic (exact) mass is 487 g/mol. The molecule has 8 rings (SSSR count). The van der Waals surface area contributed by atoms with Crippen LogP contribution in [0.3, 0.4) is 0 Å². The summed E-state index contributed by atoms with van der Waals surface area (Å²) in [5.74, 6) is 0.609. The number of aromatic nitrogens is 3. The molecule has 0 aliphatic carbocycles. The number of para-hydroxylation sites is 3. The molecule has 0 N–H and O–H groups in total. The van der Waals surface area contributed by atoms with E-state index in [2.05, 4.69) is 83.4 Å². The van der Waals surface area contributed by atoms with Crippen molar-refractivity contribution in [3.8, 4) is 16.8 Å². The quantitative estimate of drug-likeness (QED) is 0.234. The average molecular weight is 488 g/mol. The van der Waals surface area contributed by atoms with Gasteiger partial charge >= 0.3 is 0 Å². The molecule has 4 nitrogen and oxygen atoms in total. The van der Waals surface area contributed by atoms with E-state index in [4.69, 9.17) is 4.98 Å². The predicted octanol–water partition coefficient (Wildman–Crippen LogP) is 7.77. The normalized spacial score (nSPS) is 11.8. The van der Waals surface area contributed by atoms with Crippen LogP contribution in [0.5, 0.6) is 0 Å².